The molecule has 120 valence electrons. The van der Waals surface area contributed by atoms with Crippen LogP contribution in [0.2, 0.25) is 0 Å². The number of hydrogen-bond donors (Lipinski definition) is 1. The molecule has 0 heterocycles. The molecule has 0 unspecified atom stereocenters. The highest BCUT2D eigenvalue weighted by atomic mass is 16.1. The van der Waals surface area contributed by atoms with Gasteiger partial charge in [-0.25, -0.2) is 0 Å². The maximum Gasteiger partial charge on any atom is 0.255 e. The maximum absolute atomic E-state index is 12.4. The van der Waals surface area contributed by atoms with Gasteiger partial charge in [0.05, 0.1) is 0 Å². The molecule has 0 spiro atoms. The molecule has 2 nitrogen and oxygen atoms in total. The van der Waals surface area contributed by atoms with Crippen molar-refractivity contribution in [1.82, 2.24) is 5.32 Å². The number of carbonyl (C=O) groups excluding carboxylic acids is 1. The summed E-state index contributed by atoms with van der Waals surface area (Å²) in [6.07, 6.45) is 2.78. The molecule has 2 aromatic carbocycles. The average Bonchev–Trinajstić information content (AvgIpc) is 2.96. The Morgan fingerprint density at radius 3 is 2.12 bits per heavy atom. The molecule has 2 heteroatoms. The van der Waals surface area contributed by atoms with Crippen LogP contribution in [0, 0.1) is 0 Å². The maximum atomic E-state index is 12.4. The summed E-state index contributed by atoms with van der Waals surface area (Å²) in [6.45, 7) is 11.8. The summed E-state index contributed by atoms with van der Waals surface area (Å²) in [6, 6.07) is 13.8. The Morgan fingerprint density at radius 2 is 1.50 bits per heavy atom. The van der Waals surface area contributed by atoms with E-state index in [4.69, 9.17) is 0 Å². The molecule has 0 aromatic heterocycles. The molecule has 1 amide bonds. The summed E-state index contributed by atoms with van der Waals surface area (Å²) < 4.78 is 0. The van der Waals surface area contributed by atoms with Gasteiger partial charge in [-0.05, 0) is 54.3 Å². The number of benzene rings is 2. The lowest BCUT2D eigenvalue weighted by Crippen LogP contribution is -2.22. The normalized spacial score (nSPS) is 12.3. The van der Waals surface area contributed by atoms with Crippen molar-refractivity contribution >= 4 is 23.1 Å². The van der Waals surface area contributed by atoms with Gasteiger partial charge in [0, 0.05) is 17.7 Å². The van der Waals surface area contributed by atoms with Crippen LogP contribution in [0.3, 0.4) is 0 Å². The quantitative estimate of drug-likeness (QED) is 0.837. The molecule has 0 saturated carbocycles. The van der Waals surface area contributed by atoms with Crippen molar-refractivity contribution in [2.24, 2.45) is 0 Å². The van der Waals surface area contributed by atoms with Crippen molar-refractivity contribution in [2.75, 3.05) is 0 Å². The molecule has 0 saturated heterocycles. The zero-order chi connectivity index (χ0) is 17.3. The SMILES string of the molecule is C=C(C)c1ccc(C(=O)NC2=Cc3ccc(C(=C)C)cc3C2)cc1. The monoisotopic (exact) mass is 315 g/mol. The minimum absolute atomic E-state index is 0.0811. The van der Waals surface area contributed by atoms with E-state index in [0.29, 0.717) is 5.56 Å². The van der Waals surface area contributed by atoms with E-state index in [2.05, 4.69) is 36.7 Å². The summed E-state index contributed by atoms with van der Waals surface area (Å²) in [5.41, 5.74) is 8.20. The van der Waals surface area contributed by atoms with Gasteiger partial charge < -0.3 is 5.32 Å². The number of rotatable bonds is 4. The average molecular weight is 315 g/mol. The Morgan fingerprint density at radius 1 is 0.917 bits per heavy atom. The Labute approximate surface area is 143 Å². The number of fused-ring (bicyclic) bond motifs is 1. The van der Waals surface area contributed by atoms with Crippen molar-refractivity contribution in [3.63, 3.8) is 0 Å². The van der Waals surface area contributed by atoms with Gasteiger partial charge in [0.2, 0.25) is 0 Å². The Bertz CT molecular complexity index is 869. The smallest absolute Gasteiger partial charge is 0.255 e. The van der Waals surface area contributed by atoms with Gasteiger partial charge >= 0.3 is 0 Å². The molecule has 3 rings (SSSR count). The number of allylic oxidation sites excluding steroid dienone is 3. The zero-order valence-corrected chi connectivity index (χ0v) is 14.1. The number of amides is 1. The Hall–Kier alpha value is -2.87. The third kappa shape index (κ3) is 3.23. The minimum atomic E-state index is -0.0811. The van der Waals surface area contributed by atoms with Crippen molar-refractivity contribution in [3.05, 3.63) is 89.1 Å². The van der Waals surface area contributed by atoms with Crippen molar-refractivity contribution in [2.45, 2.75) is 20.3 Å². The summed E-state index contributed by atoms with van der Waals surface area (Å²) in [5.74, 6) is -0.0811. The number of nitrogens with one attached hydrogen (secondary N) is 1. The summed E-state index contributed by atoms with van der Waals surface area (Å²) in [5, 5.41) is 3.02. The van der Waals surface area contributed by atoms with Gasteiger partial charge in [0.25, 0.3) is 5.91 Å². The van der Waals surface area contributed by atoms with E-state index in [1.54, 1.807) is 0 Å². The lowest BCUT2D eigenvalue weighted by molar-refractivity contribution is 0.0965. The van der Waals surface area contributed by atoms with Gasteiger partial charge in [-0.3, -0.25) is 4.79 Å². The van der Waals surface area contributed by atoms with E-state index in [-0.39, 0.29) is 5.91 Å². The van der Waals surface area contributed by atoms with Crippen LogP contribution >= 0.6 is 0 Å². The first-order chi connectivity index (χ1) is 11.4. The zero-order valence-electron chi connectivity index (χ0n) is 14.1. The highest BCUT2D eigenvalue weighted by Gasteiger charge is 2.16. The summed E-state index contributed by atoms with van der Waals surface area (Å²) >= 11 is 0. The second kappa shape index (κ2) is 6.32. The molecule has 24 heavy (non-hydrogen) atoms. The summed E-state index contributed by atoms with van der Waals surface area (Å²) in [7, 11) is 0. The number of hydrogen-bond acceptors (Lipinski definition) is 1. The largest absolute Gasteiger partial charge is 0.325 e. The second-order valence-corrected chi connectivity index (χ2v) is 6.35. The van der Waals surface area contributed by atoms with Gasteiger partial charge in [-0.2, -0.15) is 0 Å². The third-order valence-corrected chi connectivity index (χ3v) is 4.26. The van der Waals surface area contributed by atoms with Crippen LogP contribution in [0.1, 0.15) is 46.5 Å². The van der Waals surface area contributed by atoms with Crippen LogP contribution in [-0.4, -0.2) is 5.91 Å². The molecule has 2 aromatic rings. The first-order valence-electron chi connectivity index (χ1n) is 8.01. The van der Waals surface area contributed by atoms with Crippen molar-refractivity contribution in [3.8, 4) is 0 Å². The van der Waals surface area contributed by atoms with Crippen molar-refractivity contribution < 1.29 is 4.79 Å². The van der Waals surface area contributed by atoms with E-state index in [0.717, 1.165) is 40.0 Å². The molecule has 0 atom stereocenters. The first-order valence-corrected chi connectivity index (χ1v) is 8.01. The molecule has 1 N–H and O–H groups in total. The molecular weight excluding hydrogens is 294 g/mol. The van der Waals surface area contributed by atoms with Gasteiger partial charge in [0.15, 0.2) is 0 Å². The standard InChI is InChI=1S/C22H21NO/c1-14(2)16-5-7-17(8-6-16)22(24)23-21-12-19-10-9-18(15(3)4)11-20(19)13-21/h5-12H,1,3,13H2,2,4H3,(H,23,24). The lowest BCUT2D eigenvalue weighted by atomic mass is 10.0. The van der Waals surface area contributed by atoms with Crippen LogP contribution in [0.4, 0.5) is 0 Å². The minimum Gasteiger partial charge on any atom is -0.325 e. The predicted octanol–water partition coefficient (Wildman–Crippen LogP) is 5.08. The van der Waals surface area contributed by atoms with E-state index < -0.39 is 0 Å². The molecule has 0 aliphatic heterocycles. The van der Waals surface area contributed by atoms with Crippen LogP contribution < -0.4 is 5.32 Å². The molecule has 0 fully saturated rings. The van der Waals surface area contributed by atoms with Gasteiger partial charge in [-0.15, -0.1) is 0 Å². The van der Waals surface area contributed by atoms with Crippen LogP contribution in [0.5, 0.6) is 0 Å². The first kappa shape index (κ1) is 16.0. The fourth-order valence-electron chi connectivity index (χ4n) is 2.81. The predicted molar refractivity (Wildman–Crippen MR) is 101 cm³/mol. The Kier molecular flexibility index (Phi) is 4.22. The summed E-state index contributed by atoms with van der Waals surface area (Å²) in [4.78, 5) is 12.4. The van der Waals surface area contributed by atoms with Crippen molar-refractivity contribution in [1.29, 1.82) is 0 Å². The Balaban J connectivity index is 1.72. The fourth-order valence-corrected chi connectivity index (χ4v) is 2.81. The molecule has 1 aliphatic rings. The topological polar surface area (TPSA) is 29.1 Å². The molecular formula is C22H21NO. The van der Waals surface area contributed by atoms with E-state index in [9.17, 15) is 4.79 Å². The van der Waals surface area contributed by atoms with E-state index >= 15 is 0 Å². The number of carbonyl (C=O) groups is 1. The van der Waals surface area contributed by atoms with E-state index in [1.165, 1.54) is 5.56 Å². The third-order valence-electron chi connectivity index (χ3n) is 4.26. The highest BCUT2D eigenvalue weighted by Crippen LogP contribution is 2.27. The van der Waals surface area contributed by atoms with Crippen LogP contribution in [0.15, 0.2) is 61.3 Å². The molecule has 1 aliphatic carbocycles. The van der Waals surface area contributed by atoms with E-state index in [1.807, 2.05) is 44.2 Å². The van der Waals surface area contributed by atoms with Gasteiger partial charge in [-0.1, -0.05) is 54.6 Å². The molecule has 0 radical (unpaired) electrons. The highest BCUT2D eigenvalue weighted by molar-refractivity contribution is 5.96. The van der Waals surface area contributed by atoms with Crippen LogP contribution in [-0.2, 0) is 6.42 Å². The lowest BCUT2D eigenvalue weighted by Gasteiger charge is -2.07. The molecule has 0 bridgehead atoms. The van der Waals surface area contributed by atoms with Crippen LogP contribution in [0.25, 0.3) is 17.2 Å². The van der Waals surface area contributed by atoms with Gasteiger partial charge in [0.1, 0.15) is 0 Å². The second-order valence-electron chi connectivity index (χ2n) is 6.35. The fraction of sp³-hybridized carbons (Fsp3) is 0.136.